The van der Waals surface area contributed by atoms with Crippen LogP contribution in [0.5, 0.6) is 0 Å². The second-order valence-corrected chi connectivity index (χ2v) is 7.03. The highest BCUT2D eigenvalue weighted by atomic mass is 16.5. The van der Waals surface area contributed by atoms with Gasteiger partial charge in [0.05, 0.1) is 30.4 Å². The van der Waals surface area contributed by atoms with Crippen molar-refractivity contribution < 1.29 is 4.74 Å². The summed E-state index contributed by atoms with van der Waals surface area (Å²) < 4.78 is 5.41. The first-order valence-corrected chi connectivity index (χ1v) is 9.35. The molecule has 134 valence electrons. The molecule has 6 nitrogen and oxygen atoms in total. The van der Waals surface area contributed by atoms with Crippen molar-refractivity contribution in [2.24, 2.45) is 5.92 Å². The fraction of sp³-hybridized carbons (Fsp3) is 0.579. The van der Waals surface area contributed by atoms with Gasteiger partial charge in [0.2, 0.25) is 0 Å². The second kappa shape index (κ2) is 8.08. The van der Waals surface area contributed by atoms with Crippen LogP contribution in [0, 0.1) is 5.92 Å². The number of nitrogens with zero attached hydrogens (tertiary/aromatic N) is 4. The van der Waals surface area contributed by atoms with Gasteiger partial charge >= 0.3 is 0 Å². The van der Waals surface area contributed by atoms with Gasteiger partial charge in [0, 0.05) is 39.3 Å². The largest absolute Gasteiger partial charge is 0.379 e. The summed E-state index contributed by atoms with van der Waals surface area (Å²) in [5.41, 5.74) is 1.90. The van der Waals surface area contributed by atoms with Crippen molar-refractivity contribution in [3.8, 4) is 0 Å². The predicted molar refractivity (Wildman–Crippen MR) is 99.8 cm³/mol. The number of benzene rings is 1. The number of nitrogens with one attached hydrogen (secondary N) is 1. The van der Waals surface area contributed by atoms with Gasteiger partial charge in [0.1, 0.15) is 5.82 Å². The predicted octanol–water partition coefficient (Wildman–Crippen LogP) is 1.70. The van der Waals surface area contributed by atoms with Crippen molar-refractivity contribution in [2.75, 3.05) is 64.3 Å². The smallest absolute Gasteiger partial charge is 0.145 e. The third kappa shape index (κ3) is 4.45. The van der Waals surface area contributed by atoms with E-state index < -0.39 is 0 Å². The Balaban J connectivity index is 1.22. The van der Waals surface area contributed by atoms with Gasteiger partial charge in [0.25, 0.3) is 0 Å². The maximum Gasteiger partial charge on any atom is 0.145 e. The van der Waals surface area contributed by atoms with Crippen molar-refractivity contribution in [2.45, 2.75) is 6.42 Å². The molecule has 1 N–H and O–H groups in total. The lowest BCUT2D eigenvalue weighted by Crippen LogP contribution is -2.41. The molecule has 0 amide bonds. The van der Waals surface area contributed by atoms with E-state index in [1.807, 2.05) is 30.5 Å². The first-order chi connectivity index (χ1) is 12.4. The van der Waals surface area contributed by atoms with Gasteiger partial charge in [-0.3, -0.25) is 9.88 Å². The molecule has 0 saturated carbocycles. The zero-order valence-electron chi connectivity index (χ0n) is 14.7. The molecule has 0 unspecified atom stereocenters. The number of aromatic nitrogens is 2. The van der Waals surface area contributed by atoms with Gasteiger partial charge in [-0.15, -0.1) is 0 Å². The number of hydrogen-bond acceptors (Lipinski definition) is 6. The van der Waals surface area contributed by atoms with E-state index in [9.17, 15) is 0 Å². The van der Waals surface area contributed by atoms with Gasteiger partial charge < -0.3 is 15.0 Å². The Kier molecular flexibility index (Phi) is 5.40. The van der Waals surface area contributed by atoms with E-state index in [2.05, 4.69) is 25.1 Å². The average Bonchev–Trinajstić information content (AvgIpc) is 3.13. The summed E-state index contributed by atoms with van der Waals surface area (Å²) in [6, 6.07) is 8.00. The Morgan fingerprint density at radius 3 is 2.72 bits per heavy atom. The molecule has 0 bridgehead atoms. The minimum Gasteiger partial charge on any atom is -0.379 e. The lowest BCUT2D eigenvalue weighted by atomic mass is 10.1. The second-order valence-electron chi connectivity index (χ2n) is 7.03. The van der Waals surface area contributed by atoms with E-state index >= 15 is 0 Å². The summed E-state index contributed by atoms with van der Waals surface area (Å²) in [6.45, 7) is 9.64. The number of ether oxygens (including phenoxy) is 1. The third-order valence-electron chi connectivity index (χ3n) is 5.23. The number of hydrogen-bond donors (Lipinski definition) is 1. The Hall–Kier alpha value is -1.76. The minimum absolute atomic E-state index is 0.693. The Bertz CT molecular complexity index is 688. The van der Waals surface area contributed by atoms with Crippen LogP contribution in [0.25, 0.3) is 11.0 Å². The summed E-state index contributed by atoms with van der Waals surface area (Å²) in [4.78, 5) is 14.2. The highest BCUT2D eigenvalue weighted by molar-refractivity contribution is 5.75. The topological polar surface area (TPSA) is 53.5 Å². The molecule has 2 fully saturated rings. The van der Waals surface area contributed by atoms with Gasteiger partial charge in [-0.25, -0.2) is 4.98 Å². The normalized spacial score (nSPS) is 22.5. The molecule has 6 heteroatoms. The molecule has 0 radical (unpaired) electrons. The Morgan fingerprint density at radius 2 is 1.84 bits per heavy atom. The molecule has 0 spiro atoms. The first-order valence-electron chi connectivity index (χ1n) is 9.35. The maximum atomic E-state index is 5.41. The number of rotatable bonds is 6. The third-order valence-corrected chi connectivity index (χ3v) is 5.23. The van der Waals surface area contributed by atoms with E-state index in [0.717, 1.165) is 49.7 Å². The van der Waals surface area contributed by atoms with E-state index in [0.29, 0.717) is 5.92 Å². The molecule has 4 rings (SSSR count). The average molecular weight is 341 g/mol. The highest BCUT2D eigenvalue weighted by Gasteiger charge is 2.23. The van der Waals surface area contributed by atoms with E-state index in [-0.39, 0.29) is 0 Å². The number of fused-ring (bicyclic) bond motifs is 1. The number of para-hydroxylation sites is 2. The lowest BCUT2D eigenvalue weighted by molar-refractivity contribution is 0.0343. The van der Waals surface area contributed by atoms with Crippen LogP contribution in [-0.4, -0.2) is 78.8 Å². The fourth-order valence-corrected chi connectivity index (χ4v) is 3.68. The molecule has 25 heavy (non-hydrogen) atoms. The van der Waals surface area contributed by atoms with Crippen LogP contribution in [0.15, 0.2) is 30.5 Å². The molecule has 3 heterocycles. The van der Waals surface area contributed by atoms with Crippen LogP contribution < -0.4 is 5.32 Å². The molecule has 2 aromatic rings. The molecular weight excluding hydrogens is 314 g/mol. The van der Waals surface area contributed by atoms with Crippen molar-refractivity contribution in [1.82, 2.24) is 19.8 Å². The van der Waals surface area contributed by atoms with Gasteiger partial charge in [0.15, 0.2) is 0 Å². The minimum atomic E-state index is 0.693. The quantitative estimate of drug-likeness (QED) is 0.863. The molecular formula is C19H27N5O. The van der Waals surface area contributed by atoms with Crippen LogP contribution in [0.2, 0.25) is 0 Å². The maximum absolute atomic E-state index is 5.41. The number of morpholine rings is 1. The molecule has 2 aliphatic rings. The number of likely N-dealkylation sites (tertiary alicyclic amines) is 1. The molecule has 1 atom stereocenters. The molecule has 2 saturated heterocycles. The van der Waals surface area contributed by atoms with E-state index in [4.69, 9.17) is 4.74 Å². The van der Waals surface area contributed by atoms with E-state index in [1.54, 1.807) is 0 Å². The first kappa shape index (κ1) is 16.7. The Morgan fingerprint density at radius 1 is 1.04 bits per heavy atom. The van der Waals surface area contributed by atoms with Crippen molar-refractivity contribution in [3.63, 3.8) is 0 Å². The standard InChI is InChI=1S/C19H27N5O/c1-2-4-18-17(3-1)20-14-19(22-18)21-13-16-5-6-24(15-16)8-7-23-9-11-25-12-10-23/h1-4,14,16H,5-13,15H2,(H,21,22)/t16-/m0/s1. The molecule has 1 aromatic heterocycles. The van der Waals surface area contributed by atoms with Gasteiger partial charge in [-0.05, 0) is 31.0 Å². The van der Waals surface area contributed by atoms with Crippen LogP contribution in [0.4, 0.5) is 5.82 Å². The summed E-state index contributed by atoms with van der Waals surface area (Å²) >= 11 is 0. The van der Waals surface area contributed by atoms with Crippen LogP contribution in [0.1, 0.15) is 6.42 Å². The number of anilines is 1. The summed E-state index contributed by atoms with van der Waals surface area (Å²) in [5, 5.41) is 3.48. The monoisotopic (exact) mass is 341 g/mol. The van der Waals surface area contributed by atoms with Crippen molar-refractivity contribution in [1.29, 1.82) is 0 Å². The Labute approximate surface area is 149 Å². The van der Waals surface area contributed by atoms with Gasteiger partial charge in [-0.2, -0.15) is 0 Å². The SMILES string of the molecule is c1ccc2nc(NC[C@@H]3CCN(CCN4CCOCC4)C3)cnc2c1. The lowest BCUT2D eigenvalue weighted by Gasteiger charge is -2.28. The fourth-order valence-electron chi connectivity index (χ4n) is 3.68. The van der Waals surface area contributed by atoms with E-state index in [1.165, 1.54) is 32.6 Å². The molecule has 1 aromatic carbocycles. The van der Waals surface area contributed by atoms with Crippen LogP contribution in [-0.2, 0) is 4.74 Å². The molecule has 2 aliphatic heterocycles. The summed E-state index contributed by atoms with van der Waals surface area (Å²) in [6.07, 6.45) is 3.10. The zero-order valence-corrected chi connectivity index (χ0v) is 14.7. The van der Waals surface area contributed by atoms with Crippen LogP contribution in [0.3, 0.4) is 0 Å². The summed E-state index contributed by atoms with van der Waals surface area (Å²) in [7, 11) is 0. The highest BCUT2D eigenvalue weighted by Crippen LogP contribution is 2.17. The van der Waals surface area contributed by atoms with Crippen molar-refractivity contribution >= 4 is 16.9 Å². The zero-order chi connectivity index (χ0) is 16.9. The van der Waals surface area contributed by atoms with Crippen molar-refractivity contribution in [3.05, 3.63) is 30.5 Å². The summed E-state index contributed by atoms with van der Waals surface area (Å²) in [5.74, 6) is 1.57. The van der Waals surface area contributed by atoms with Gasteiger partial charge in [-0.1, -0.05) is 12.1 Å². The van der Waals surface area contributed by atoms with Crippen LogP contribution >= 0.6 is 0 Å². The molecule has 0 aliphatic carbocycles.